The minimum atomic E-state index is -1.66. The summed E-state index contributed by atoms with van der Waals surface area (Å²) in [5.41, 5.74) is 3.26. The quantitative estimate of drug-likeness (QED) is 0.578. The zero-order chi connectivity index (χ0) is 20.8. The van der Waals surface area contributed by atoms with Gasteiger partial charge in [-0.1, -0.05) is 60.7 Å². The second kappa shape index (κ2) is 7.28. The van der Waals surface area contributed by atoms with E-state index >= 15 is 0 Å². The van der Waals surface area contributed by atoms with Crippen LogP contribution < -0.4 is 5.43 Å². The molecular formula is C23H27N5O2. The summed E-state index contributed by atoms with van der Waals surface area (Å²) < 4.78 is 0. The Kier molecular flexibility index (Phi) is 4.71. The molecule has 0 radical (unpaired) electrons. The standard InChI is InChI=1S/C23H27N5O2/c1-22(30,19-10-6-3-7-11-19)21(29)25-24-20(18-8-4-2-5-9-18)23-12-26-15-27(13-23)17-28(14-23)16-26/h2-11,30H,12-17H2,1H3,(H,25,29)/b24-20+. The molecule has 2 aromatic carbocycles. The number of rotatable bonds is 5. The summed E-state index contributed by atoms with van der Waals surface area (Å²) in [7, 11) is 0. The van der Waals surface area contributed by atoms with Crippen molar-refractivity contribution >= 4 is 11.6 Å². The molecule has 1 unspecified atom stereocenters. The van der Waals surface area contributed by atoms with Crippen molar-refractivity contribution in [3.8, 4) is 0 Å². The first-order valence-electron chi connectivity index (χ1n) is 10.4. The van der Waals surface area contributed by atoms with Crippen molar-refractivity contribution in [2.24, 2.45) is 10.5 Å². The fourth-order valence-corrected chi connectivity index (χ4v) is 5.14. The van der Waals surface area contributed by atoms with Gasteiger partial charge in [0, 0.05) is 19.6 Å². The predicted octanol–water partition coefficient (Wildman–Crippen LogP) is 1.22. The van der Waals surface area contributed by atoms with Gasteiger partial charge >= 0.3 is 0 Å². The van der Waals surface area contributed by atoms with Gasteiger partial charge in [-0.25, -0.2) is 5.43 Å². The molecule has 7 nitrogen and oxygen atoms in total. The molecule has 4 aliphatic heterocycles. The molecule has 0 aromatic heterocycles. The van der Waals surface area contributed by atoms with Crippen LogP contribution in [0.5, 0.6) is 0 Å². The predicted molar refractivity (Wildman–Crippen MR) is 114 cm³/mol. The van der Waals surface area contributed by atoms with E-state index in [0.29, 0.717) is 5.56 Å². The smallest absolute Gasteiger partial charge is 0.276 e. The Morgan fingerprint density at radius 3 is 1.97 bits per heavy atom. The van der Waals surface area contributed by atoms with Gasteiger partial charge in [-0.3, -0.25) is 19.5 Å². The zero-order valence-corrected chi connectivity index (χ0v) is 17.2. The lowest BCUT2D eigenvalue weighted by Crippen LogP contribution is -2.74. The van der Waals surface area contributed by atoms with Crippen molar-refractivity contribution in [3.05, 3.63) is 71.8 Å². The van der Waals surface area contributed by atoms with E-state index in [0.717, 1.165) is 50.9 Å². The second-order valence-corrected chi connectivity index (χ2v) is 8.90. The highest BCUT2D eigenvalue weighted by atomic mass is 16.3. The van der Waals surface area contributed by atoms with Gasteiger partial charge in [0.25, 0.3) is 5.91 Å². The lowest BCUT2D eigenvalue weighted by atomic mass is 9.74. The minimum Gasteiger partial charge on any atom is -0.375 e. The number of nitrogens with one attached hydrogen (secondary N) is 1. The number of benzene rings is 2. The zero-order valence-electron chi connectivity index (χ0n) is 17.2. The molecule has 4 bridgehead atoms. The van der Waals surface area contributed by atoms with Crippen LogP contribution >= 0.6 is 0 Å². The van der Waals surface area contributed by atoms with Crippen LogP contribution in [0.25, 0.3) is 0 Å². The third-order valence-corrected chi connectivity index (χ3v) is 6.38. The molecule has 1 amide bonds. The maximum Gasteiger partial charge on any atom is 0.276 e. The fourth-order valence-electron chi connectivity index (χ4n) is 5.14. The Morgan fingerprint density at radius 1 is 0.933 bits per heavy atom. The highest BCUT2D eigenvalue weighted by Crippen LogP contribution is 2.38. The van der Waals surface area contributed by atoms with Gasteiger partial charge in [-0.15, -0.1) is 0 Å². The van der Waals surface area contributed by atoms with Crippen molar-refractivity contribution in [3.63, 3.8) is 0 Å². The van der Waals surface area contributed by atoms with Crippen molar-refractivity contribution in [2.45, 2.75) is 12.5 Å². The third-order valence-electron chi connectivity index (χ3n) is 6.38. The van der Waals surface area contributed by atoms with Crippen LogP contribution in [0, 0.1) is 5.41 Å². The second-order valence-electron chi connectivity index (χ2n) is 8.90. The summed E-state index contributed by atoms with van der Waals surface area (Å²) >= 11 is 0. The van der Waals surface area contributed by atoms with Crippen molar-refractivity contribution < 1.29 is 9.90 Å². The van der Waals surface area contributed by atoms with E-state index in [1.54, 1.807) is 12.1 Å². The van der Waals surface area contributed by atoms with Gasteiger partial charge in [-0.2, -0.15) is 5.10 Å². The van der Waals surface area contributed by atoms with E-state index in [2.05, 4.69) is 25.2 Å². The number of hydrogen-bond donors (Lipinski definition) is 2. The molecule has 0 aliphatic carbocycles. The number of hydrazone groups is 1. The van der Waals surface area contributed by atoms with Crippen LogP contribution in [0.2, 0.25) is 0 Å². The number of nitrogens with zero attached hydrogens (tertiary/aromatic N) is 4. The normalized spacial score (nSPS) is 31.9. The lowest BCUT2D eigenvalue weighted by Gasteiger charge is -2.60. The Balaban J connectivity index is 1.48. The molecule has 156 valence electrons. The van der Waals surface area contributed by atoms with Crippen LogP contribution in [0.3, 0.4) is 0 Å². The summed E-state index contributed by atoms with van der Waals surface area (Å²) in [6.07, 6.45) is 0. The van der Waals surface area contributed by atoms with Gasteiger partial charge in [0.05, 0.1) is 31.1 Å². The first kappa shape index (κ1) is 19.4. The Hall–Kier alpha value is -2.58. The first-order chi connectivity index (χ1) is 14.5. The monoisotopic (exact) mass is 405 g/mol. The molecule has 4 aliphatic rings. The van der Waals surface area contributed by atoms with Gasteiger partial charge in [0.1, 0.15) is 0 Å². The third kappa shape index (κ3) is 3.33. The summed E-state index contributed by atoms with van der Waals surface area (Å²) in [4.78, 5) is 20.2. The fraction of sp³-hybridized carbons (Fsp3) is 0.391. The summed E-state index contributed by atoms with van der Waals surface area (Å²) in [6.45, 7) is 7.19. The number of hydrogen-bond acceptors (Lipinski definition) is 6. The van der Waals surface area contributed by atoms with Crippen LogP contribution in [-0.2, 0) is 10.4 Å². The van der Waals surface area contributed by atoms with E-state index < -0.39 is 11.5 Å². The molecule has 2 N–H and O–H groups in total. The van der Waals surface area contributed by atoms with Gasteiger partial charge in [-0.05, 0) is 18.1 Å². The van der Waals surface area contributed by atoms with Crippen LogP contribution in [0.15, 0.2) is 65.8 Å². The molecule has 0 spiro atoms. The van der Waals surface area contributed by atoms with Crippen molar-refractivity contribution in [1.82, 2.24) is 20.1 Å². The summed E-state index contributed by atoms with van der Waals surface area (Å²) in [6, 6.07) is 19.0. The minimum absolute atomic E-state index is 0.179. The number of carbonyl (C=O) groups excluding carboxylic acids is 1. The average Bonchev–Trinajstić information content (AvgIpc) is 2.74. The molecule has 4 fully saturated rings. The molecule has 4 heterocycles. The Bertz CT molecular complexity index is 923. The Morgan fingerprint density at radius 2 is 1.43 bits per heavy atom. The van der Waals surface area contributed by atoms with Crippen LogP contribution in [0.4, 0.5) is 0 Å². The largest absolute Gasteiger partial charge is 0.375 e. The lowest BCUT2D eigenvalue weighted by molar-refractivity contribution is -0.149. The molecule has 2 aromatic rings. The number of amides is 1. The van der Waals surface area contributed by atoms with Gasteiger partial charge in [0.15, 0.2) is 5.60 Å². The van der Waals surface area contributed by atoms with Gasteiger partial charge < -0.3 is 5.11 Å². The van der Waals surface area contributed by atoms with E-state index in [9.17, 15) is 9.90 Å². The molecule has 6 rings (SSSR count). The van der Waals surface area contributed by atoms with Crippen molar-refractivity contribution in [1.29, 1.82) is 0 Å². The highest BCUT2D eigenvalue weighted by molar-refractivity contribution is 6.06. The maximum atomic E-state index is 12.9. The van der Waals surface area contributed by atoms with E-state index in [1.165, 1.54) is 6.92 Å². The number of carbonyl (C=O) groups is 1. The van der Waals surface area contributed by atoms with Gasteiger partial charge in [0.2, 0.25) is 0 Å². The summed E-state index contributed by atoms with van der Waals surface area (Å²) in [5.74, 6) is -0.534. The summed E-state index contributed by atoms with van der Waals surface area (Å²) in [5, 5.41) is 15.5. The number of aliphatic hydroxyl groups is 1. The van der Waals surface area contributed by atoms with E-state index in [-0.39, 0.29) is 5.41 Å². The molecule has 4 saturated heterocycles. The first-order valence-corrected chi connectivity index (χ1v) is 10.4. The molecule has 1 atom stereocenters. The molecule has 30 heavy (non-hydrogen) atoms. The molecule has 7 heteroatoms. The van der Waals surface area contributed by atoms with E-state index in [1.807, 2.05) is 48.5 Å². The topological polar surface area (TPSA) is 71.4 Å². The Labute approximate surface area is 176 Å². The van der Waals surface area contributed by atoms with Crippen molar-refractivity contribution in [2.75, 3.05) is 39.6 Å². The average molecular weight is 406 g/mol. The van der Waals surface area contributed by atoms with Crippen LogP contribution in [-0.4, -0.2) is 71.1 Å². The molecular weight excluding hydrogens is 378 g/mol. The highest BCUT2D eigenvalue weighted by Gasteiger charge is 2.52. The SMILES string of the molecule is CC(O)(C(=O)N/N=C(\c1ccccc1)C12CN3CN(CN(C3)C1)C2)c1ccccc1. The molecule has 0 saturated carbocycles. The van der Waals surface area contributed by atoms with E-state index in [4.69, 9.17) is 0 Å². The van der Waals surface area contributed by atoms with Crippen LogP contribution in [0.1, 0.15) is 18.1 Å². The maximum absolute atomic E-state index is 12.9.